The molecule has 1 heterocycles. The van der Waals surface area contributed by atoms with E-state index in [-0.39, 0.29) is 12.4 Å². The first-order chi connectivity index (χ1) is 12.6. The summed E-state index contributed by atoms with van der Waals surface area (Å²) in [6, 6.07) is 7.66. The third-order valence-electron chi connectivity index (χ3n) is 4.61. The number of hydrogen-bond donors (Lipinski definition) is 2. The number of unbranched alkanes of at least 4 members (excludes halogenated alkanes) is 2. The number of carbonyl (C=O) groups excluding carboxylic acids is 1. The van der Waals surface area contributed by atoms with Crippen molar-refractivity contribution in [3.8, 4) is 5.75 Å². The Labute approximate surface area is 161 Å². The molecule has 3 atom stereocenters. The minimum Gasteiger partial charge on any atom is -0.486 e. The second kappa shape index (κ2) is 11.4. The van der Waals surface area contributed by atoms with E-state index in [0.29, 0.717) is 17.4 Å². The summed E-state index contributed by atoms with van der Waals surface area (Å²) in [4.78, 5) is 12.7. The second-order valence-corrected chi connectivity index (χ2v) is 8.09. The van der Waals surface area contributed by atoms with Gasteiger partial charge in [-0.15, -0.1) is 11.8 Å². The fourth-order valence-electron chi connectivity index (χ4n) is 2.96. The van der Waals surface area contributed by atoms with Gasteiger partial charge >= 0.3 is 0 Å². The topological polar surface area (TPSA) is 58.6 Å². The highest BCUT2D eigenvalue weighted by Crippen LogP contribution is 2.30. The summed E-state index contributed by atoms with van der Waals surface area (Å²) in [6.45, 7) is 4.88. The van der Waals surface area contributed by atoms with E-state index in [2.05, 4.69) is 23.7 Å². The normalized spacial score (nSPS) is 18.7. The monoisotopic (exact) mass is 377 g/mol. The Morgan fingerprint density at radius 1 is 1.35 bits per heavy atom. The van der Waals surface area contributed by atoms with E-state index in [9.17, 15) is 9.90 Å². The molecule has 0 saturated carbocycles. The van der Waals surface area contributed by atoms with Crippen LogP contribution in [-0.4, -0.2) is 35.5 Å². The van der Waals surface area contributed by atoms with Crippen LogP contribution in [0.2, 0.25) is 0 Å². The van der Waals surface area contributed by atoms with Gasteiger partial charge in [-0.05, 0) is 50.3 Å². The number of aliphatic hydroxyl groups excluding tert-OH is 1. The van der Waals surface area contributed by atoms with E-state index in [1.807, 2.05) is 31.2 Å². The smallest absolute Gasteiger partial charge is 0.177 e. The van der Waals surface area contributed by atoms with Crippen LogP contribution in [0.5, 0.6) is 5.75 Å². The summed E-state index contributed by atoms with van der Waals surface area (Å²) < 4.78 is 5.65. The van der Waals surface area contributed by atoms with Gasteiger partial charge in [-0.25, -0.2) is 0 Å². The van der Waals surface area contributed by atoms with Gasteiger partial charge in [-0.3, -0.25) is 10.1 Å². The highest BCUT2D eigenvalue weighted by molar-refractivity contribution is 8.03. The van der Waals surface area contributed by atoms with Crippen LogP contribution < -0.4 is 10.1 Å². The van der Waals surface area contributed by atoms with Crippen LogP contribution in [0.25, 0.3) is 0 Å². The lowest BCUT2D eigenvalue weighted by Crippen LogP contribution is -2.43. The van der Waals surface area contributed by atoms with Crippen LogP contribution in [-0.2, 0) is 4.79 Å². The molecule has 2 rings (SSSR count). The van der Waals surface area contributed by atoms with Gasteiger partial charge in [0.05, 0.1) is 5.92 Å². The maximum Gasteiger partial charge on any atom is 0.177 e. The van der Waals surface area contributed by atoms with Crippen LogP contribution in [0.1, 0.15) is 44.6 Å². The molecule has 3 unspecified atom stereocenters. The molecule has 26 heavy (non-hydrogen) atoms. The predicted molar refractivity (Wildman–Crippen MR) is 108 cm³/mol. The van der Waals surface area contributed by atoms with E-state index in [1.54, 1.807) is 11.8 Å². The van der Waals surface area contributed by atoms with E-state index in [1.165, 1.54) is 0 Å². The number of nitrogens with one attached hydrogen (secondary N) is 1. The van der Waals surface area contributed by atoms with Gasteiger partial charge in [0.25, 0.3) is 0 Å². The standard InChI is InChI=1S/C21H31NO3S/c1-3-4-5-12-22-21(24)19(14-18-7-6-13-26-18)20(23)15-25-17-10-8-16(2)9-11-17/h6,8-11,13,18-19,21-22,24H,3-5,7,12,14-15H2,1-2H3. The third kappa shape index (κ3) is 7.14. The van der Waals surface area contributed by atoms with Crippen LogP contribution >= 0.6 is 11.8 Å². The molecule has 0 amide bonds. The minimum atomic E-state index is -0.817. The number of rotatable bonds is 12. The number of hydrogen-bond acceptors (Lipinski definition) is 5. The Kier molecular flexibility index (Phi) is 9.23. The molecule has 144 valence electrons. The summed E-state index contributed by atoms with van der Waals surface area (Å²) >= 11 is 1.74. The predicted octanol–water partition coefficient (Wildman–Crippen LogP) is 4.07. The van der Waals surface area contributed by atoms with Crippen molar-refractivity contribution >= 4 is 17.5 Å². The van der Waals surface area contributed by atoms with Gasteiger partial charge in [-0.2, -0.15) is 0 Å². The molecule has 0 bridgehead atoms. The largest absolute Gasteiger partial charge is 0.486 e. The van der Waals surface area contributed by atoms with Crippen molar-refractivity contribution in [1.29, 1.82) is 0 Å². The number of benzene rings is 1. The molecule has 0 fully saturated rings. The number of ether oxygens (including phenoxy) is 1. The van der Waals surface area contributed by atoms with Crippen molar-refractivity contribution in [2.75, 3.05) is 13.2 Å². The van der Waals surface area contributed by atoms with Gasteiger partial charge in [-0.1, -0.05) is 43.5 Å². The fourth-order valence-corrected chi connectivity index (χ4v) is 3.95. The van der Waals surface area contributed by atoms with Crippen molar-refractivity contribution < 1.29 is 14.6 Å². The zero-order valence-electron chi connectivity index (χ0n) is 15.8. The van der Waals surface area contributed by atoms with E-state index >= 15 is 0 Å². The molecule has 0 saturated heterocycles. The average molecular weight is 378 g/mol. The van der Waals surface area contributed by atoms with Gasteiger partial charge in [0.2, 0.25) is 0 Å². The first-order valence-corrected chi connectivity index (χ1v) is 10.5. The van der Waals surface area contributed by atoms with Crippen LogP contribution in [0, 0.1) is 12.8 Å². The number of Topliss-reactive ketones (excluding diaryl/α,β-unsaturated/α-hetero) is 1. The Bertz CT molecular complexity index is 565. The molecule has 5 heteroatoms. The number of allylic oxidation sites excluding steroid dienone is 1. The lowest BCUT2D eigenvalue weighted by molar-refractivity contribution is -0.129. The van der Waals surface area contributed by atoms with Gasteiger partial charge < -0.3 is 9.84 Å². The summed E-state index contributed by atoms with van der Waals surface area (Å²) in [5.41, 5.74) is 1.15. The van der Waals surface area contributed by atoms with E-state index < -0.39 is 12.1 Å². The quantitative estimate of drug-likeness (QED) is 0.425. The molecule has 4 nitrogen and oxygen atoms in total. The maximum absolute atomic E-state index is 12.7. The van der Waals surface area contributed by atoms with Gasteiger partial charge in [0.15, 0.2) is 5.78 Å². The lowest BCUT2D eigenvalue weighted by atomic mass is 9.95. The number of ketones is 1. The first-order valence-electron chi connectivity index (χ1n) is 9.54. The zero-order valence-corrected chi connectivity index (χ0v) is 16.6. The van der Waals surface area contributed by atoms with Crippen molar-refractivity contribution in [3.63, 3.8) is 0 Å². The number of carbonyl (C=O) groups is 1. The molecule has 0 aliphatic carbocycles. The summed E-state index contributed by atoms with van der Waals surface area (Å²) in [5, 5.41) is 16.1. The van der Waals surface area contributed by atoms with Crippen LogP contribution in [0.3, 0.4) is 0 Å². The van der Waals surface area contributed by atoms with Crippen molar-refractivity contribution in [1.82, 2.24) is 5.32 Å². The molecule has 2 N–H and O–H groups in total. The highest BCUT2D eigenvalue weighted by Gasteiger charge is 2.30. The molecule has 0 spiro atoms. The molecule has 1 aliphatic rings. The fraction of sp³-hybridized carbons (Fsp3) is 0.571. The summed E-state index contributed by atoms with van der Waals surface area (Å²) in [7, 11) is 0. The van der Waals surface area contributed by atoms with E-state index in [4.69, 9.17) is 4.74 Å². The zero-order chi connectivity index (χ0) is 18.8. The lowest BCUT2D eigenvalue weighted by Gasteiger charge is -2.25. The van der Waals surface area contributed by atoms with Gasteiger partial charge in [0.1, 0.15) is 18.6 Å². The van der Waals surface area contributed by atoms with Gasteiger partial charge in [0, 0.05) is 5.25 Å². The molecule has 0 aromatic heterocycles. The van der Waals surface area contributed by atoms with Crippen LogP contribution in [0.4, 0.5) is 0 Å². The Hall–Kier alpha value is -1.30. The van der Waals surface area contributed by atoms with Crippen molar-refractivity contribution in [2.24, 2.45) is 5.92 Å². The first kappa shape index (κ1) is 21.0. The Balaban J connectivity index is 1.89. The number of aliphatic hydroxyl groups is 1. The van der Waals surface area contributed by atoms with E-state index in [0.717, 1.165) is 37.8 Å². The Morgan fingerprint density at radius 2 is 2.12 bits per heavy atom. The average Bonchev–Trinajstić information content (AvgIpc) is 3.15. The number of aryl methyl sites for hydroxylation is 1. The summed E-state index contributed by atoms with van der Waals surface area (Å²) in [5.74, 6) is 0.193. The Morgan fingerprint density at radius 3 is 2.77 bits per heavy atom. The minimum absolute atomic E-state index is 0.00770. The SMILES string of the molecule is CCCCCNC(O)C(CC1CC=CS1)C(=O)COc1ccc(C)cc1. The maximum atomic E-state index is 12.7. The molecule has 0 radical (unpaired) electrons. The molecular formula is C21H31NO3S. The highest BCUT2D eigenvalue weighted by atomic mass is 32.2. The van der Waals surface area contributed by atoms with Crippen molar-refractivity contribution in [3.05, 3.63) is 41.3 Å². The third-order valence-corrected chi connectivity index (χ3v) is 5.73. The number of thioether (sulfide) groups is 1. The molecule has 1 aromatic rings. The summed E-state index contributed by atoms with van der Waals surface area (Å²) in [6.07, 6.45) is 6.19. The molecular weight excluding hydrogens is 346 g/mol. The van der Waals surface area contributed by atoms with Crippen LogP contribution in [0.15, 0.2) is 35.7 Å². The molecule has 1 aromatic carbocycles. The molecule has 1 aliphatic heterocycles. The van der Waals surface area contributed by atoms with Crippen molar-refractivity contribution in [2.45, 2.75) is 57.4 Å². The second-order valence-electron chi connectivity index (χ2n) is 6.88.